The summed E-state index contributed by atoms with van der Waals surface area (Å²) in [6, 6.07) is 10.4. The quantitative estimate of drug-likeness (QED) is 0.804. The van der Waals surface area contributed by atoms with Crippen molar-refractivity contribution in [2.24, 2.45) is 0 Å². The molecule has 0 aliphatic carbocycles. The molecule has 2 aromatic rings. The molecule has 15 heavy (non-hydrogen) atoms. The molecule has 0 saturated heterocycles. The van der Waals surface area contributed by atoms with Crippen LogP contribution in [0.15, 0.2) is 30.3 Å². The van der Waals surface area contributed by atoms with Crippen molar-refractivity contribution in [2.45, 2.75) is 12.2 Å². The third kappa shape index (κ3) is 2.08. The smallest absolute Gasteiger partial charge is 0.147 e. The SMILES string of the molecule is CSC(C(C)=O)c1cc2ccccc2s1. The van der Waals surface area contributed by atoms with E-state index < -0.39 is 0 Å². The lowest BCUT2D eigenvalue weighted by molar-refractivity contribution is -0.116. The average molecular weight is 236 g/mol. The van der Waals surface area contributed by atoms with Gasteiger partial charge in [0.15, 0.2) is 0 Å². The molecule has 1 nitrogen and oxygen atoms in total. The van der Waals surface area contributed by atoms with Gasteiger partial charge in [-0.3, -0.25) is 4.79 Å². The van der Waals surface area contributed by atoms with E-state index in [0.29, 0.717) is 0 Å². The Hall–Kier alpha value is -0.800. The van der Waals surface area contributed by atoms with Gasteiger partial charge < -0.3 is 0 Å². The molecule has 0 N–H and O–H groups in total. The van der Waals surface area contributed by atoms with Crippen molar-refractivity contribution in [3.8, 4) is 0 Å². The van der Waals surface area contributed by atoms with Gasteiger partial charge in [-0.15, -0.1) is 23.1 Å². The first-order valence-electron chi connectivity index (χ1n) is 4.74. The zero-order chi connectivity index (χ0) is 10.8. The predicted octanol–water partition coefficient (Wildman–Crippen LogP) is 3.89. The van der Waals surface area contributed by atoms with E-state index in [1.54, 1.807) is 30.0 Å². The maximum atomic E-state index is 11.4. The Morgan fingerprint density at radius 1 is 1.40 bits per heavy atom. The summed E-state index contributed by atoms with van der Waals surface area (Å²) in [6.45, 7) is 1.66. The van der Waals surface area contributed by atoms with Gasteiger partial charge in [-0.05, 0) is 30.7 Å². The zero-order valence-electron chi connectivity index (χ0n) is 8.69. The minimum absolute atomic E-state index is 0.00222. The van der Waals surface area contributed by atoms with Gasteiger partial charge in [-0.1, -0.05) is 18.2 Å². The van der Waals surface area contributed by atoms with E-state index in [-0.39, 0.29) is 11.0 Å². The molecule has 0 amide bonds. The number of hydrogen-bond donors (Lipinski definition) is 0. The number of carbonyl (C=O) groups is 1. The molecule has 0 radical (unpaired) electrons. The number of thioether (sulfide) groups is 1. The van der Waals surface area contributed by atoms with E-state index in [2.05, 4.69) is 18.2 Å². The molecule has 0 aliphatic heterocycles. The number of hydrogen-bond acceptors (Lipinski definition) is 3. The number of Topliss-reactive ketones (excluding diaryl/α,β-unsaturated/α-hetero) is 1. The Kier molecular flexibility index (Phi) is 3.12. The second-order valence-electron chi connectivity index (χ2n) is 3.41. The standard InChI is InChI=1S/C12H12OS2/c1-8(13)12(14-2)11-7-9-5-3-4-6-10(9)15-11/h3-7,12H,1-2H3. The van der Waals surface area contributed by atoms with E-state index in [0.717, 1.165) is 4.88 Å². The molecule has 78 valence electrons. The molecule has 1 atom stereocenters. The average Bonchev–Trinajstić information content (AvgIpc) is 2.61. The normalized spacial score (nSPS) is 12.9. The predicted molar refractivity (Wildman–Crippen MR) is 68.8 cm³/mol. The van der Waals surface area contributed by atoms with Gasteiger partial charge in [0.05, 0.1) is 5.25 Å². The van der Waals surface area contributed by atoms with Crippen molar-refractivity contribution in [2.75, 3.05) is 6.26 Å². The first-order chi connectivity index (χ1) is 7.22. The largest absolute Gasteiger partial charge is 0.298 e. The number of ketones is 1. The lowest BCUT2D eigenvalue weighted by Crippen LogP contribution is -2.01. The molecule has 0 spiro atoms. The summed E-state index contributed by atoms with van der Waals surface area (Å²) in [5, 5.41) is 1.24. The van der Waals surface area contributed by atoms with Crippen LogP contribution in [0.1, 0.15) is 17.1 Å². The minimum Gasteiger partial charge on any atom is -0.298 e. The van der Waals surface area contributed by atoms with E-state index in [4.69, 9.17) is 0 Å². The van der Waals surface area contributed by atoms with Crippen molar-refractivity contribution in [1.29, 1.82) is 0 Å². The molecule has 2 rings (SSSR count). The zero-order valence-corrected chi connectivity index (χ0v) is 10.3. The van der Waals surface area contributed by atoms with Crippen molar-refractivity contribution in [1.82, 2.24) is 0 Å². The van der Waals surface area contributed by atoms with Crippen LogP contribution in [-0.2, 0) is 4.79 Å². The maximum absolute atomic E-state index is 11.4. The lowest BCUT2D eigenvalue weighted by Gasteiger charge is -2.06. The second kappa shape index (κ2) is 4.37. The van der Waals surface area contributed by atoms with Gasteiger partial charge in [0, 0.05) is 9.58 Å². The van der Waals surface area contributed by atoms with Gasteiger partial charge in [0.2, 0.25) is 0 Å². The molecular formula is C12H12OS2. The highest BCUT2D eigenvalue weighted by atomic mass is 32.2. The third-order valence-corrected chi connectivity index (χ3v) is 4.70. The van der Waals surface area contributed by atoms with Crippen LogP contribution in [0.4, 0.5) is 0 Å². The lowest BCUT2D eigenvalue weighted by atomic mass is 10.2. The van der Waals surface area contributed by atoms with E-state index in [9.17, 15) is 4.79 Å². The van der Waals surface area contributed by atoms with Gasteiger partial charge in [-0.2, -0.15) is 0 Å². The Morgan fingerprint density at radius 2 is 2.13 bits per heavy atom. The van der Waals surface area contributed by atoms with Gasteiger partial charge in [0.25, 0.3) is 0 Å². The van der Waals surface area contributed by atoms with E-state index in [1.165, 1.54) is 10.1 Å². The Bertz CT molecular complexity index is 454. The number of rotatable bonds is 3. The molecule has 1 heterocycles. The molecule has 0 fully saturated rings. The fourth-order valence-electron chi connectivity index (χ4n) is 1.61. The van der Waals surface area contributed by atoms with Crippen molar-refractivity contribution < 1.29 is 4.79 Å². The van der Waals surface area contributed by atoms with Crippen LogP contribution in [0.25, 0.3) is 10.1 Å². The number of thiophene rings is 1. The van der Waals surface area contributed by atoms with E-state index in [1.807, 2.05) is 18.4 Å². The first-order valence-corrected chi connectivity index (χ1v) is 6.84. The third-order valence-electron chi connectivity index (χ3n) is 2.31. The molecular weight excluding hydrogens is 224 g/mol. The van der Waals surface area contributed by atoms with E-state index >= 15 is 0 Å². The summed E-state index contributed by atoms with van der Waals surface area (Å²) >= 11 is 3.32. The number of carbonyl (C=O) groups excluding carboxylic acids is 1. The van der Waals surface area contributed by atoms with Gasteiger partial charge >= 0.3 is 0 Å². The molecule has 1 aromatic carbocycles. The fraction of sp³-hybridized carbons (Fsp3) is 0.250. The Labute approximate surface area is 97.5 Å². The van der Waals surface area contributed by atoms with Crippen LogP contribution >= 0.6 is 23.1 Å². The first kappa shape index (κ1) is 10.7. The number of fused-ring (bicyclic) bond motifs is 1. The summed E-state index contributed by atoms with van der Waals surface area (Å²) in [5.74, 6) is 0.231. The summed E-state index contributed by atoms with van der Waals surface area (Å²) < 4.78 is 1.26. The summed E-state index contributed by atoms with van der Waals surface area (Å²) in [5.41, 5.74) is 0. The maximum Gasteiger partial charge on any atom is 0.147 e. The van der Waals surface area contributed by atoms with Crippen LogP contribution in [0, 0.1) is 0 Å². The molecule has 1 unspecified atom stereocenters. The molecule has 0 bridgehead atoms. The van der Waals surface area contributed by atoms with Crippen LogP contribution in [0.5, 0.6) is 0 Å². The molecule has 0 saturated carbocycles. The highest BCUT2D eigenvalue weighted by Crippen LogP contribution is 2.36. The topological polar surface area (TPSA) is 17.1 Å². The molecule has 1 aromatic heterocycles. The highest BCUT2D eigenvalue weighted by Gasteiger charge is 2.17. The second-order valence-corrected chi connectivity index (χ2v) is 5.47. The van der Waals surface area contributed by atoms with Crippen molar-refractivity contribution >= 4 is 39.0 Å². The van der Waals surface area contributed by atoms with Crippen molar-refractivity contribution in [3.63, 3.8) is 0 Å². The Balaban J connectivity index is 2.47. The monoisotopic (exact) mass is 236 g/mol. The summed E-state index contributed by atoms with van der Waals surface area (Å²) in [7, 11) is 0. The summed E-state index contributed by atoms with van der Waals surface area (Å²) in [6.07, 6.45) is 1.98. The highest BCUT2D eigenvalue weighted by molar-refractivity contribution is 7.99. The van der Waals surface area contributed by atoms with Crippen LogP contribution < -0.4 is 0 Å². The van der Waals surface area contributed by atoms with Crippen molar-refractivity contribution in [3.05, 3.63) is 35.2 Å². The molecule has 3 heteroatoms. The minimum atomic E-state index is 0.00222. The van der Waals surface area contributed by atoms with Crippen LogP contribution in [0.2, 0.25) is 0 Å². The molecule has 0 aliphatic rings. The van der Waals surface area contributed by atoms with Gasteiger partial charge in [0.1, 0.15) is 5.78 Å². The van der Waals surface area contributed by atoms with Crippen LogP contribution in [0.3, 0.4) is 0 Å². The fourth-order valence-corrected chi connectivity index (χ4v) is 3.78. The Morgan fingerprint density at radius 3 is 2.73 bits per heavy atom. The summed E-state index contributed by atoms with van der Waals surface area (Å²) in [4.78, 5) is 12.6. The van der Waals surface area contributed by atoms with Crippen LogP contribution in [-0.4, -0.2) is 12.0 Å². The van der Waals surface area contributed by atoms with Gasteiger partial charge in [-0.25, -0.2) is 0 Å². The number of benzene rings is 1.